The van der Waals surface area contributed by atoms with Crippen molar-refractivity contribution in [1.29, 1.82) is 0 Å². The summed E-state index contributed by atoms with van der Waals surface area (Å²) in [4.78, 5) is 2.46. The van der Waals surface area contributed by atoms with Gasteiger partial charge in [-0.1, -0.05) is 166 Å². The monoisotopic (exact) mass is 663 g/mol. The Labute approximate surface area is 305 Å². The lowest BCUT2D eigenvalue weighted by Crippen LogP contribution is -2.16. The van der Waals surface area contributed by atoms with Gasteiger partial charge in [-0.2, -0.15) is 0 Å². The lowest BCUT2D eigenvalue weighted by molar-refractivity contribution is 0.660. The maximum Gasteiger partial charge on any atom is 0.0543 e. The number of fused-ring (bicyclic) bond motifs is 8. The molecule has 0 saturated heterocycles. The van der Waals surface area contributed by atoms with E-state index in [1.54, 1.807) is 0 Å². The average molecular weight is 664 g/mol. The topological polar surface area (TPSA) is 3.24 Å². The van der Waals surface area contributed by atoms with Gasteiger partial charge in [0.25, 0.3) is 0 Å². The summed E-state index contributed by atoms with van der Waals surface area (Å²) < 4.78 is 0. The zero-order valence-corrected chi connectivity index (χ0v) is 29.3. The molecule has 9 aromatic carbocycles. The fourth-order valence-corrected chi connectivity index (χ4v) is 8.70. The van der Waals surface area contributed by atoms with E-state index in [0.717, 1.165) is 11.4 Å². The van der Waals surface area contributed by atoms with Crippen molar-refractivity contribution in [3.05, 3.63) is 199 Å². The highest BCUT2D eigenvalue weighted by Crippen LogP contribution is 2.54. The lowest BCUT2D eigenvalue weighted by atomic mass is 9.82. The third-order valence-corrected chi connectivity index (χ3v) is 11.2. The molecule has 0 spiro atoms. The molecule has 10 rings (SSSR count). The largest absolute Gasteiger partial charge is 0.310 e. The quantitative estimate of drug-likeness (QED) is 0.166. The molecule has 0 N–H and O–H groups in total. The molecule has 0 radical (unpaired) electrons. The Balaban J connectivity index is 1.18. The van der Waals surface area contributed by atoms with E-state index < -0.39 is 0 Å². The van der Waals surface area contributed by atoms with Gasteiger partial charge in [-0.05, 0) is 108 Å². The first kappa shape index (κ1) is 30.4. The molecule has 246 valence electrons. The van der Waals surface area contributed by atoms with Crippen LogP contribution in [-0.4, -0.2) is 0 Å². The van der Waals surface area contributed by atoms with Gasteiger partial charge >= 0.3 is 0 Å². The van der Waals surface area contributed by atoms with E-state index in [-0.39, 0.29) is 5.41 Å². The molecule has 1 aliphatic carbocycles. The van der Waals surface area contributed by atoms with Crippen LogP contribution in [0.5, 0.6) is 0 Å². The predicted molar refractivity (Wildman–Crippen MR) is 222 cm³/mol. The highest BCUT2D eigenvalue weighted by Gasteiger charge is 2.37. The van der Waals surface area contributed by atoms with Gasteiger partial charge in [-0.3, -0.25) is 0 Å². The van der Waals surface area contributed by atoms with Crippen molar-refractivity contribution in [3.63, 3.8) is 0 Å². The van der Waals surface area contributed by atoms with Crippen LogP contribution in [0.3, 0.4) is 0 Å². The smallest absolute Gasteiger partial charge is 0.0543 e. The van der Waals surface area contributed by atoms with Crippen LogP contribution in [0, 0.1) is 0 Å². The zero-order valence-electron chi connectivity index (χ0n) is 29.3. The number of rotatable bonds is 5. The van der Waals surface area contributed by atoms with Crippen molar-refractivity contribution >= 4 is 49.4 Å². The normalized spacial score (nSPS) is 13.0. The van der Waals surface area contributed by atoms with E-state index in [0.29, 0.717) is 0 Å². The molecular formula is C51H37N. The maximum absolute atomic E-state index is 2.46. The summed E-state index contributed by atoms with van der Waals surface area (Å²) in [6.45, 7) is 4.71. The molecule has 52 heavy (non-hydrogen) atoms. The van der Waals surface area contributed by atoms with Crippen LogP contribution in [-0.2, 0) is 5.41 Å². The minimum Gasteiger partial charge on any atom is -0.310 e. The van der Waals surface area contributed by atoms with E-state index in [2.05, 4.69) is 207 Å². The summed E-state index contributed by atoms with van der Waals surface area (Å²) in [5.74, 6) is 0. The van der Waals surface area contributed by atoms with Gasteiger partial charge in [0.15, 0.2) is 0 Å². The van der Waals surface area contributed by atoms with Gasteiger partial charge in [0, 0.05) is 22.4 Å². The lowest BCUT2D eigenvalue weighted by Gasteiger charge is -2.29. The van der Waals surface area contributed by atoms with Gasteiger partial charge in [-0.15, -0.1) is 0 Å². The second kappa shape index (κ2) is 11.8. The Morgan fingerprint density at radius 2 is 1.04 bits per heavy atom. The minimum absolute atomic E-state index is 0.0926. The standard InChI is InChI=1S/C51H37N/c1-51(2)46-23-11-10-22-44(46)50-47(51)24-13-25-48(50)52(40-19-12-18-37(32-40)34-14-4-3-5-15-34)39-29-26-36(27-30-39)45-33-38-17-7-9-21-42(38)49-41-20-8-6-16-35(41)28-31-43(45)49/h3-33H,1-2H3. The Bertz CT molecular complexity index is 2790. The van der Waals surface area contributed by atoms with E-state index in [9.17, 15) is 0 Å². The summed E-state index contributed by atoms with van der Waals surface area (Å²) >= 11 is 0. The van der Waals surface area contributed by atoms with E-state index >= 15 is 0 Å². The second-order valence-electron chi connectivity index (χ2n) is 14.5. The van der Waals surface area contributed by atoms with Crippen molar-refractivity contribution in [2.45, 2.75) is 19.3 Å². The number of anilines is 3. The van der Waals surface area contributed by atoms with Crippen LogP contribution in [0.15, 0.2) is 188 Å². The fourth-order valence-electron chi connectivity index (χ4n) is 8.70. The van der Waals surface area contributed by atoms with Crippen molar-refractivity contribution in [1.82, 2.24) is 0 Å². The molecule has 0 amide bonds. The summed E-state index contributed by atoms with van der Waals surface area (Å²) in [5, 5.41) is 7.70. The Kier molecular flexibility index (Phi) is 6.91. The molecule has 0 fully saturated rings. The fraction of sp³-hybridized carbons (Fsp3) is 0.0588. The number of benzene rings is 9. The maximum atomic E-state index is 2.46. The molecule has 0 aliphatic heterocycles. The minimum atomic E-state index is -0.0926. The molecule has 1 nitrogen and oxygen atoms in total. The molecular weight excluding hydrogens is 627 g/mol. The first-order chi connectivity index (χ1) is 25.6. The highest BCUT2D eigenvalue weighted by molar-refractivity contribution is 6.24. The Hall–Kier alpha value is -6.44. The third-order valence-electron chi connectivity index (χ3n) is 11.2. The Morgan fingerprint density at radius 3 is 1.87 bits per heavy atom. The molecule has 0 heterocycles. The molecule has 0 atom stereocenters. The SMILES string of the molecule is CC1(C)c2ccccc2-c2c(N(c3ccc(-c4cc5ccccc5c5c4ccc4ccccc45)cc3)c3cccc(-c4ccccc4)c3)cccc21. The second-order valence-corrected chi connectivity index (χ2v) is 14.5. The van der Waals surface area contributed by atoms with Gasteiger partial charge in [0.05, 0.1) is 5.69 Å². The van der Waals surface area contributed by atoms with Crippen LogP contribution >= 0.6 is 0 Å². The first-order valence-electron chi connectivity index (χ1n) is 18.2. The molecule has 0 unspecified atom stereocenters. The Morgan fingerprint density at radius 1 is 0.385 bits per heavy atom. The van der Waals surface area contributed by atoms with Crippen molar-refractivity contribution in [3.8, 4) is 33.4 Å². The van der Waals surface area contributed by atoms with E-state index in [1.165, 1.54) is 82.5 Å². The number of hydrogen-bond donors (Lipinski definition) is 0. The van der Waals surface area contributed by atoms with Crippen molar-refractivity contribution in [2.24, 2.45) is 0 Å². The van der Waals surface area contributed by atoms with E-state index in [4.69, 9.17) is 0 Å². The molecule has 1 heteroatoms. The average Bonchev–Trinajstić information content (AvgIpc) is 3.44. The van der Waals surface area contributed by atoms with E-state index in [1.807, 2.05) is 0 Å². The van der Waals surface area contributed by atoms with Gasteiger partial charge in [0.1, 0.15) is 0 Å². The first-order valence-corrected chi connectivity index (χ1v) is 18.2. The number of nitrogens with zero attached hydrogens (tertiary/aromatic N) is 1. The van der Waals surface area contributed by atoms with Crippen LogP contribution < -0.4 is 4.90 Å². The molecule has 9 aromatic rings. The summed E-state index contributed by atoms with van der Waals surface area (Å²) in [6.07, 6.45) is 0. The van der Waals surface area contributed by atoms with Crippen molar-refractivity contribution in [2.75, 3.05) is 4.90 Å². The van der Waals surface area contributed by atoms with Crippen LogP contribution in [0.2, 0.25) is 0 Å². The van der Waals surface area contributed by atoms with Crippen LogP contribution in [0.25, 0.3) is 65.7 Å². The highest BCUT2D eigenvalue weighted by atomic mass is 15.1. The van der Waals surface area contributed by atoms with Crippen LogP contribution in [0.1, 0.15) is 25.0 Å². The summed E-state index contributed by atoms with van der Waals surface area (Å²) in [7, 11) is 0. The van der Waals surface area contributed by atoms with Crippen molar-refractivity contribution < 1.29 is 0 Å². The van der Waals surface area contributed by atoms with Crippen LogP contribution in [0.4, 0.5) is 17.1 Å². The molecule has 0 saturated carbocycles. The van der Waals surface area contributed by atoms with Gasteiger partial charge in [0.2, 0.25) is 0 Å². The molecule has 1 aliphatic rings. The zero-order chi connectivity index (χ0) is 34.8. The summed E-state index contributed by atoms with van der Waals surface area (Å²) in [5.41, 5.74) is 13.6. The van der Waals surface area contributed by atoms with Gasteiger partial charge in [-0.25, -0.2) is 0 Å². The molecule has 0 aromatic heterocycles. The third kappa shape index (κ3) is 4.70. The number of hydrogen-bond acceptors (Lipinski definition) is 1. The van der Waals surface area contributed by atoms with Gasteiger partial charge < -0.3 is 4.90 Å². The summed E-state index contributed by atoms with van der Waals surface area (Å²) in [6, 6.07) is 69.1. The molecule has 0 bridgehead atoms. The predicted octanol–water partition coefficient (Wildman–Crippen LogP) is 14.3.